The second-order valence-corrected chi connectivity index (χ2v) is 4.37. The summed E-state index contributed by atoms with van der Waals surface area (Å²) in [6.07, 6.45) is 2.16. The summed E-state index contributed by atoms with van der Waals surface area (Å²) in [6.45, 7) is 0. The van der Waals surface area contributed by atoms with Crippen molar-refractivity contribution in [1.29, 1.82) is 0 Å². The highest BCUT2D eigenvalue weighted by Gasteiger charge is 2.00. The SMILES string of the molecule is Br.c1ccc(CCc2cc3ccccc3[nH]2)cc1. The third kappa shape index (κ3) is 2.82. The maximum absolute atomic E-state index is 3.47. The molecule has 0 saturated carbocycles. The van der Waals surface area contributed by atoms with Gasteiger partial charge in [0.2, 0.25) is 0 Å². The molecule has 0 aliphatic rings. The van der Waals surface area contributed by atoms with Gasteiger partial charge in [0.15, 0.2) is 0 Å². The molecule has 1 heterocycles. The van der Waals surface area contributed by atoms with Crippen LogP contribution in [0, 0.1) is 0 Å². The van der Waals surface area contributed by atoms with Gasteiger partial charge < -0.3 is 4.98 Å². The maximum Gasteiger partial charge on any atom is 0.0456 e. The summed E-state index contributed by atoms with van der Waals surface area (Å²) in [5, 5.41) is 1.30. The summed E-state index contributed by atoms with van der Waals surface area (Å²) >= 11 is 0. The van der Waals surface area contributed by atoms with E-state index in [9.17, 15) is 0 Å². The molecule has 0 aliphatic heterocycles. The first-order valence-electron chi connectivity index (χ1n) is 6.02. The van der Waals surface area contributed by atoms with Crippen LogP contribution in [0.1, 0.15) is 11.3 Å². The van der Waals surface area contributed by atoms with E-state index >= 15 is 0 Å². The van der Waals surface area contributed by atoms with E-state index < -0.39 is 0 Å². The third-order valence-corrected chi connectivity index (χ3v) is 3.11. The Morgan fingerprint density at radius 3 is 2.28 bits per heavy atom. The van der Waals surface area contributed by atoms with Crippen molar-refractivity contribution in [2.24, 2.45) is 0 Å². The molecule has 1 aromatic heterocycles. The number of aryl methyl sites for hydroxylation is 2. The first-order chi connectivity index (χ1) is 8.42. The number of halogens is 1. The Bertz CT molecular complexity index is 580. The summed E-state index contributed by atoms with van der Waals surface area (Å²) in [5.74, 6) is 0. The van der Waals surface area contributed by atoms with Crippen molar-refractivity contribution in [2.45, 2.75) is 12.8 Å². The number of hydrogen-bond acceptors (Lipinski definition) is 0. The van der Waals surface area contributed by atoms with Crippen molar-refractivity contribution >= 4 is 27.9 Å². The molecule has 0 fully saturated rings. The van der Waals surface area contributed by atoms with Gasteiger partial charge in [-0.1, -0.05) is 48.5 Å². The number of nitrogens with one attached hydrogen (secondary N) is 1. The van der Waals surface area contributed by atoms with Crippen LogP contribution in [0.3, 0.4) is 0 Å². The van der Waals surface area contributed by atoms with Gasteiger partial charge in [-0.15, -0.1) is 17.0 Å². The summed E-state index contributed by atoms with van der Waals surface area (Å²) in [5.41, 5.74) is 3.94. The maximum atomic E-state index is 3.47. The van der Waals surface area contributed by atoms with Crippen LogP contribution < -0.4 is 0 Å². The molecule has 1 nitrogen and oxygen atoms in total. The van der Waals surface area contributed by atoms with E-state index in [1.807, 2.05) is 0 Å². The Morgan fingerprint density at radius 1 is 0.778 bits per heavy atom. The molecule has 0 amide bonds. The van der Waals surface area contributed by atoms with Crippen molar-refractivity contribution in [1.82, 2.24) is 4.98 Å². The van der Waals surface area contributed by atoms with Gasteiger partial charge in [-0.25, -0.2) is 0 Å². The van der Waals surface area contributed by atoms with Gasteiger partial charge in [0.1, 0.15) is 0 Å². The van der Waals surface area contributed by atoms with E-state index in [0.717, 1.165) is 12.8 Å². The Hall–Kier alpha value is -1.54. The predicted octanol–water partition coefficient (Wildman–Crippen LogP) is 4.53. The zero-order valence-electron chi connectivity index (χ0n) is 10.1. The number of hydrogen-bond donors (Lipinski definition) is 1. The highest BCUT2D eigenvalue weighted by molar-refractivity contribution is 8.93. The largest absolute Gasteiger partial charge is 0.358 e. The van der Waals surface area contributed by atoms with Gasteiger partial charge in [0.25, 0.3) is 0 Å². The quantitative estimate of drug-likeness (QED) is 0.731. The van der Waals surface area contributed by atoms with E-state index in [0.29, 0.717) is 0 Å². The average molecular weight is 302 g/mol. The zero-order chi connectivity index (χ0) is 11.5. The lowest BCUT2D eigenvalue weighted by Gasteiger charge is -1.98. The lowest BCUT2D eigenvalue weighted by atomic mass is 10.1. The number of para-hydroxylation sites is 1. The van der Waals surface area contributed by atoms with Crippen LogP contribution in [0.15, 0.2) is 60.7 Å². The molecular weight excluding hydrogens is 286 g/mol. The van der Waals surface area contributed by atoms with Gasteiger partial charge in [-0.2, -0.15) is 0 Å². The highest BCUT2D eigenvalue weighted by atomic mass is 79.9. The van der Waals surface area contributed by atoms with E-state index in [1.165, 1.54) is 22.2 Å². The van der Waals surface area contributed by atoms with Crippen LogP contribution >= 0.6 is 17.0 Å². The second kappa shape index (κ2) is 5.87. The monoisotopic (exact) mass is 301 g/mol. The molecule has 18 heavy (non-hydrogen) atoms. The number of H-pyrrole nitrogens is 1. The topological polar surface area (TPSA) is 15.8 Å². The molecule has 0 bridgehead atoms. The molecule has 3 rings (SSSR count). The Balaban J connectivity index is 0.00000120. The van der Waals surface area contributed by atoms with Crippen LogP contribution in [-0.2, 0) is 12.8 Å². The summed E-state index contributed by atoms with van der Waals surface area (Å²) < 4.78 is 0. The van der Waals surface area contributed by atoms with Crippen molar-refractivity contribution in [3.8, 4) is 0 Å². The fourth-order valence-electron chi connectivity index (χ4n) is 2.19. The molecule has 2 heteroatoms. The van der Waals surface area contributed by atoms with Crippen LogP contribution in [0.4, 0.5) is 0 Å². The van der Waals surface area contributed by atoms with E-state index in [2.05, 4.69) is 65.6 Å². The van der Waals surface area contributed by atoms with Gasteiger partial charge in [0.05, 0.1) is 0 Å². The minimum atomic E-state index is 0. The third-order valence-electron chi connectivity index (χ3n) is 3.11. The normalized spacial score (nSPS) is 10.2. The lowest BCUT2D eigenvalue weighted by molar-refractivity contribution is 0.930. The second-order valence-electron chi connectivity index (χ2n) is 4.37. The highest BCUT2D eigenvalue weighted by Crippen LogP contribution is 2.16. The minimum absolute atomic E-state index is 0. The lowest BCUT2D eigenvalue weighted by Crippen LogP contribution is -1.90. The van der Waals surface area contributed by atoms with Crippen LogP contribution in [0.25, 0.3) is 10.9 Å². The number of rotatable bonds is 3. The fraction of sp³-hybridized carbons (Fsp3) is 0.125. The molecule has 0 spiro atoms. The number of aromatic amines is 1. The van der Waals surface area contributed by atoms with Gasteiger partial charge in [0, 0.05) is 11.2 Å². The minimum Gasteiger partial charge on any atom is -0.358 e. The number of benzene rings is 2. The average Bonchev–Trinajstić information content (AvgIpc) is 2.80. The van der Waals surface area contributed by atoms with Crippen molar-refractivity contribution in [2.75, 3.05) is 0 Å². The summed E-state index contributed by atoms with van der Waals surface area (Å²) in [4.78, 5) is 3.47. The van der Waals surface area contributed by atoms with E-state index in [4.69, 9.17) is 0 Å². The Morgan fingerprint density at radius 2 is 1.50 bits per heavy atom. The first-order valence-corrected chi connectivity index (χ1v) is 6.02. The first kappa shape index (κ1) is 12.9. The van der Waals surface area contributed by atoms with E-state index in [1.54, 1.807) is 0 Å². The van der Waals surface area contributed by atoms with Gasteiger partial charge >= 0.3 is 0 Å². The molecule has 92 valence electrons. The predicted molar refractivity (Wildman–Crippen MR) is 82.5 cm³/mol. The van der Waals surface area contributed by atoms with Crippen LogP contribution in [-0.4, -0.2) is 4.98 Å². The molecule has 0 unspecified atom stereocenters. The standard InChI is InChI=1S/C16H15N.BrH/c1-2-6-13(7-3-1)10-11-15-12-14-8-4-5-9-16(14)17-15;/h1-9,12,17H,10-11H2;1H. The van der Waals surface area contributed by atoms with Crippen LogP contribution in [0.2, 0.25) is 0 Å². The molecule has 2 aromatic carbocycles. The molecule has 0 radical (unpaired) electrons. The molecule has 0 aliphatic carbocycles. The van der Waals surface area contributed by atoms with Crippen LogP contribution in [0.5, 0.6) is 0 Å². The van der Waals surface area contributed by atoms with E-state index in [-0.39, 0.29) is 17.0 Å². The summed E-state index contributed by atoms with van der Waals surface area (Å²) in [7, 11) is 0. The molecular formula is C16H16BrN. The Kier molecular flexibility index (Phi) is 4.21. The molecule has 0 saturated heterocycles. The van der Waals surface area contributed by atoms with Crippen molar-refractivity contribution in [3.63, 3.8) is 0 Å². The molecule has 0 atom stereocenters. The molecule has 1 N–H and O–H groups in total. The van der Waals surface area contributed by atoms with Gasteiger partial charge in [-0.3, -0.25) is 0 Å². The zero-order valence-corrected chi connectivity index (χ0v) is 11.8. The Labute approximate surface area is 118 Å². The fourth-order valence-corrected chi connectivity index (χ4v) is 2.19. The number of fused-ring (bicyclic) bond motifs is 1. The number of aromatic nitrogens is 1. The van der Waals surface area contributed by atoms with Crippen molar-refractivity contribution in [3.05, 3.63) is 71.9 Å². The smallest absolute Gasteiger partial charge is 0.0456 e. The van der Waals surface area contributed by atoms with Crippen molar-refractivity contribution < 1.29 is 0 Å². The van der Waals surface area contributed by atoms with Gasteiger partial charge in [-0.05, 0) is 35.9 Å². The molecule has 3 aromatic rings. The summed E-state index contributed by atoms with van der Waals surface area (Å²) in [6, 6.07) is 21.3.